The zero-order chi connectivity index (χ0) is 18.2. The van der Waals surface area contributed by atoms with E-state index in [4.69, 9.17) is 31.1 Å². The van der Waals surface area contributed by atoms with Crippen molar-refractivity contribution in [2.24, 2.45) is 0 Å². The van der Waals surface area contributed by atoms with E-state index < -0.39 is 5.97 Å². The largest absolute Gasteiger partial charge is 0.493 e. The summed E-state index contributed by atoms with van der Waals surface area (Å²) in [6.07, 6.45) is 0.827. The fourth-order valence-corrected chi connectivity index (χ4v) is 2.35. The number of benzene rings is 2. The van der Waals surface area contributed by atoms with Crippen molar-refractivity contribution in [1.82, 2.24) is 0 Å². The molecule has 2 aromatic carbocycles. The zero-order valence-corrected chi connectivity index (χ0v) is 14.8. The molecule has 0 atom stereocenters. The second kappa shape index (κ2) is 8.95. The van der Waals surface area contributed by atoms with Crippen molar-refractivity contribution in [3.05, 3.63) is 58.1 Å². The van der Waals surface area contributed by atoms with E-state index in [-0.39, 0.29) is 17.2 Å². The zero-order valence-electron chi connectivity index (χ0n) is 14.0. The molecule has 0 saturated carbocycles. The summed E-state index contributed by atoms with van der Waals surface area (Å²) in [5.41, 5.74) is 1.61. The SMILES string of the molecule is CCCOc1c(Cl)cc(C(=O)OCc2ccc(C#N)cc2)cc1OC. The number of nitriles is 1. The van der Waals surface area contributed by atoms with E-state index in [1.807, 2.05) is 13.0 Å². The van der Waals surface area contributed by atoms with Gasteiger partial charge in [0, 0.05) is 0 Å². The van der Waals surface area contributed by atoms with Crippen molar-refractivity contribution < 1.29 is 19.0 Å². The van der Waals surface area contributed by atoms with Gasteiger partial charge in [0.25, 0.3) is 0 Å². The summed E-state index contributed by atoms with van der Waals surface area (Å²) in [5.74, 6) is 0.271. The molecule has 0 N–H and O–H groups in total. The van der Waals surface area contributed by atoms with E-state index in [2.05, 4.69) is 0 Å². The van der Waals surface area contributed by atoms with Gasteiger partial charge in [0.05, 0.1) is 35.9 Å². The monoisotopic (exact) mass is 359 g/mol. The second-order valence-electron chi connectivity index (χ2n) is 5.22. The number of esters is 1. The van der Waals surface area contributed by atoms with Crippen LogP contribution in [0, 0.1) is 11.3 Å². The molecule has 0 saturated heterocycles. The molecule has 130 valence electrons. The first-order valence-corrected chi connectivity index (χ1v) is 8.13. The first kappa shape index (κ1) is 18.6. The van der Waals surface area contributed by atoms with Gasteiger partial charge >= 0.3 is 5.97 Å². The van der Waals surface area contributed by atoms with E-state index in [0.29, 0.717) is 23.7 Å². The molecule has 0 heterocycles. The Kier molecular flexibility index (Phi) is 6.67. The summed E-state index contributed by atoms with van der Waals surface area (Å²) < 4.78 is 16.1. The normalized spacial score (nSPS) is 10.0. The lowest BCUT2D eigenvalue weighted by Gasteiger charge is -2.13. The molecule has 0 fully saturated rings. The first-order valence-electron chi connectivity index (χ1n) is 7.75. The van der Waals surface area contributed by atoms with Crippen LogP contribution in [-0.4, -0.2) is 19.7 Å². The molecule has 0 bridgehead atoms. The minimum Gasteiger partial charge on any atom is -0.493 e. The van der Waals surface area contributed by atoms with Crippen molar-refractivity contribution in [1.29, 1.82) is 5.26 Å². The van der Waals surface area contributed by atoms with Gasteiger partial charge in [0.2, 0.25) is 0 Å². The molecule has 0 amide bonds. The Morgan fingerprint density at radius 3 is 2.56 bits per heavy atom. The number of nitrogens with zero attached hydrogens (tertiary/aromatic N) is 1. The third-order valence-electron chi connectivity index (χ3n) is 3.37. The van der Waals surface area contributed by atoms with Crippen LogP contribution in [0.4, 0.5) is 0 Å². The van der Waals surface area contributed by atoms with E-state index in [9.17, 15) is 4.79 Å². The summed E-state index contributed by atoms with van der Waals surface area (Å²) in [6.45, 7) is 2.58. The molecule has 5 nitrogen and oxygen atoms in total. The number of carbonyl (C=O) groups is 1. The molecule has 0 aliphatic carbocycles. The topological polar surface area (TPSA) is 68.5 Å². The molecule has 0 aromatic heterocycles. The minimum absolute atomic E-state index is 0.0958. The number of halogens is 1. The number of hydrogen-bond acceptors (Lipinski definition) is 5. The molecule has 6 heteroatoms. The molecule has 0 unspecified atom stereocenters. The lowest BCUT2D eigenvalue weighted by Crippen LogP contribution is -2.07. The Balaban J connectivity index is 2.10. The lowest BCUT2D eigenvalue weighted by atomic mass is 10.1. The molecule has 2 aromatic rings. The molecular weight excluding hydrogens is 342 g/mol. The third kappa shape index (κ3) is 4.88. The van der Waals surface area contributed by atoms with Gasteiger partial charge in [0.15, 0.2) is 11.5 Å². The van der Waals surface area contributed by atoms with Gasteiger partial charge in [-0.25, -0.2) is 4.79 Å². The maximum atomic E-state index is 12.3. The quantitative estimate of drug-likeness (QED) is 0.687. The summed E-state index contributed by atoms with van der Waals surface area (Å²) >= 11 is 6.20. The van der Waals surface area contributed by atoms with Crippen molar-refractivity contribution >= 4 is 17.6 Å². The highest BCUT2D eigenvalue weighted by Gasteiger charge is 2.17. The van der Waals surface area contributed by atoms with Crippen LogP contribution in [-0.2, 0) is 11.3 Å². The standard InChI is InChI=1S/C19H18ClNO4/c1-3-8-24-18-16(20)9-15(10-17(18)23-2)19(22)25-12-14-6-4-13(11-21)5-7-14/h4-7,9-10H,3,8,12H2,1-2H3. The molecule has 0 radical (unpaired) electrons. The summed E-state index contributed by atoms with van der Waals surface area (Å²) in [7, 11) is 1.48. The molecule has 0 aliphatic rings. The highest BCUT2D eigenvalue weighted by Crippen LogP contribution is 2.36. The van der Waals surface area contributed by atoms with Gasteiger partial charge in [-0.1, -0.05) is 30.7 Å². The van der Waals surface area contributed by atoms with Crippen LogP contribution in [0.25, 0.3) is 0 Å². The first-order chi connectivity index (χ1) is 12.1. The summed E-state index contributed by atoms with van der Waals surface area (Å²) in [4.78, 5) is 12.3. The Morgan fingerprint density at radius 2 is 1.96 bits per heavy atom. The fraction of sp³-hybridized carbons (Fsp3) is 0.263. The lowest BCUT2D eigenvalue weighted by molar-refractivity contribution is 0.0472. The van der Waals surface area contributed by atoms with Crippen LogP contribution in [0.2, 0.25) is 5.02 Å². The van der Waals surface area contributed by atoms with E-state index in [0.717, 1.165) is 12.0 Å². The van der Waals surface area contributed by atoms with E-state index >= 15 is 0 Å². The van der Waals surface area contributed by atoms with Crippen molar-refractivity contribution in [3.8, 4) is 17.6 Å². The smallest absolute Gasteiger partial charge is 0.338 e. The van der Waals surface area contributed by atoms with Crippen LogP contribution in [0.5, 0.6) is 11.5 Å². The fourth-order valence-electron chi connectivity index (χ4n) is 2.09. The number of ether oxygens (including phenoxy) is 3. The van der Waals surface area contributed by atoms with Crippen LogP contribution in [0.15, 0.2) is 36.4 Å². The van der Waals surface area contributed by atoms with E-state index in [1.54, 1.807) is 24.3 Å². The predicted molar refractivity (Wildman–Crippen MR) is 94.1 cm³/mol. The van der Waals surface area contributed by atoms with Gasteiger partial charge in [-0.05, 0) is 36.2 Å². The van der Waals surface area contributed by atoms with Gasteiger partial charge < -0.3 is 14.2 Å². The van der Waals surface area contributed by atoms with Crippen LogP contribution < -0.4 is 9.47 Å². The van der Waals surface area contributed by atoms with Crippen molar-refractivity contribution in [3.63, 3.8) is 0 Å². The predicted octanol–water partition coefficient (Wildman–Crippen LogP) is 4.37. The number of rotatable bonds is 7. The maximum Gasteiger partial charge on any atom is 0.338 e. The minimum atomic E-state index is -0.522. The van der Waals surface area contributed by atoms with E-state index in [1.165, 1.54) is 19.2 Å². The average Bonchev–Trinajstić information content (AvgIpc) is 2.64. The Morgan fingerprint density at radius 1 is 1.24 bits per heavy atom. The van der Waals surface area contributed by atoms with Gasteiger partial charge in [-0.15, -0.1) is 0 Å². The maximum absolute atomic E-state index is 12.3. The van der Waals surface area contributed by atoms with Crippen LogP contribution >= 0.6 is 11.6 Å². The molecule has 0 aliphatic heterocycles. The van der Waals surface area contributed by atoms with Crippen LogP contribution in [0.1, 0.15) is 34.8 Å². The summed E-state index contributed by atoms with van der Waals surface area (Å²) in [6, 6.07) is 11.9. The van der Waals surface area contributed by atoms with Gasteiger partial charge in [-0.3, -0.25) is 0 Å². The average molecular weight is 360 g/mol. The number of methoxy groups -OCH3 is 1. The Labute approximate surface area is 151 Å². The van der Waals surface area contributed by atoms with Crippen molar-refractivity contribution in [2.45, 2.75) is 20.0 Å². The van der Waals surface area contributed by atoms with Gasteiger partial charge in [-0.2, -0.15) is 5.26 Å². The van der Waals surface area contributed by atoms with Gasteiger partial charge in [0.1, 0.15) is 6.61 Å². The second-order valence-corrected chi connectivity index (χ2v) is 5.63. The molecular formula is C19H18ClNO4. The molecule has 0 spiro atoms. The molecule has 2 rings (SSSR count). The number of hydrogen-bond donors (Lipinski definition) is 0. The number of carbonyl (C=O) groups excluding carboxylic acids is 1. The van der Waals surface area contributed by atoms with Crippen LogP contribution in [0.3, 0.4) is 0 Å². The molecule has 25 heavy (non-hydrogen) atoms. The highest BCUT2D eigenvalue weighted by atomic mass is 35.5. The summed E-state index contributed by atoms with van der Waals surface area (Å²) in [5, 5.41) is 9.07. The Hall–Kier alpha value is -2.71. The van der Waals surface area contributed by atoms with Crippen molar-refractivity contribution in [2.75, 3.05) is 13.7 Å². The highest BCUT2D eigenvalue weighted by molar-refractivity contribution is 6.32. The Bertz CT molecular complexity index is 781. The third-order valence-corrected chi connectivity index (χ3v) is 3.65.